The first kappa shape index (κ1) is 15.7. The van der Waals surface area contributed by atoms with E-state index in [0.29, 0.717) is 42.4 Å². The molecule has 23 heavy (non-hydrogen) atoms. The van der Waals surface area contributed by atoms with Crippen LogP contribution in [0.1, 0.15) is 27.1 Å². The summed E-state index contributed by atoms with van der Waals surface area (Å²) < 4.78 is 0. The van der Waals surface area contributed by atoms with E-state index in [1.54, 1.807) is 23.6 Å². The van der Waals surface area contributed by atoms with E-state index in [4.69, 9.17) is 5.73 Å². The molecule has 5 nitrogen and oxygen atoms in total. The summed E-state index contributed by atoms with van der Waals surface area (Å²) in [6.45, 7) is 2.00. The molecule has 1 aliphatic rings. The van der Waals surface area contributed by atoms with Gasteiger partial charge in [0.1, 0.15) is 0 Å². The quantitative estimate of drug-likeness (QED) is 0.904. The zero-order valence-corrected chi connectivity index (χ0v) is 13.5. The van der Waals surface area contributed by atoms with Crippen molar-refractivity contribution in [3.05, 3.63) is 52.2 Å². The van der Waals surface area contributed by atoms with Crippen molar-refractivity contribution in [3.63, 3.8) is 0 Å². The lowest BCUT2D eigenvalue weighted by Crippen LogP contribution is -2.30. The zero-order chi connectivity index (χ0) is 16.2. The SMILES string of the molecule is NCC1CCN(C(=O)c2ccccc2NC(=O)c2ccsc2)C1. The van der Waals surface area contributed by atoms with Gasteiger partial charge in [0.25, 0.3) is 11.8 Å². The lowest BCUT2D eigenvalue weighted by atomic mass is 10.1. The number of rotatable bonds is 4. The van der Waals surface area contributed by atoms with Gasteiger partial charge >= 0.3 is 0 Å². The van der Waals surface area contributed by atoms with E-state index >= 15 is 0 Å². The second-order valence-electron chi connectivity index (χ2n) is 5.65. The summed E-state index contributed by atoms with van der Waals surface area (Å²) in [5, 5.41) is 6.47. The molecule has 2 heterocycles. The van der Waals surface area contributed by atoms with Crippen molar-refractivity contribution in [2.75, 3.05) is 25.0 Å². The molecular formula is C17H19N3O2S. The Hall–Kier alpha value is -2.18. The summed E-state index contributed by atoms with van der Waals surface area (Å²) >= 11 is 1.46. The Morgan fingerprint density at radius 1 is 1.30 bits per heavy atom. The Kier molecular flexibility index (Phi) is 4.73. The van der Waals surface area contributed by atoms with E-state index in [2.05, 4.69) is 5.32 Å². The number of nitrogens with two attached hydrogens (primary N) is 1. The van der Waals surface area contributed by atoms with Crippen molar-refractivity contribution in [2.24, 2.45) is 11.7 Å². The van der Waals surface area contributed by atoms with Gasteiger partial charge in [0.05, 0.1) is 16.8 Å². The fraction of sp³-hybridized carbons (Fsp3) is 0.294. The number of hydrogen-bond acceptors (Lipinski definition) is 4. The number of thiophene rings is 1. The van der Waals surface area contributed by atoms with Gasteiger partial charge in [0.15, 0.2) is 0 Å². The van der Waals surface area contributed by atoms with Crippen LogP contribution < -0.4 is 11.1 Å². The van der Waals surface area contributed by atoms with E-state index in [9.17, 15) is 9.59 Å². The molecule has 1 aliphatic heterocycles. The molecule has 0 bridgehead atoms. The maximum atomic E-state index is 12.7. The van der Waals surface area contributed by atoms with Crippen LogP contribution in [0.2, 0.25) is 0 Å². The number of benzene rings is 1. The first-order valence-corrected chi connectivity index (χ1v) is 8.55. The highest BCUT2D eigenvalue weighted by molar-refractivity contribution is 7.08. The van der Waals surface area contributed by atoms with Gasteiger partial charge in [0.2, 0.25) is 0 Å². The van der Waals surface area contributed by atoms with Crippen LogP contribution in [-0.4, -0.2) is 36.3 Å². The Bertz CT molecular complexity index is 700. The van der Waals surface area contributed by atoms with Crippen LogP contribution in [0.15, 0.2) is 41.1 Å². The molecule has 0 aliphatic carbocycles. The molecule has 1 aromatic carbocycles. The average molecular weight is 329 g/mol. The minimum absolute atomic E-state index is 0.0535. The van der Waals surface area contributed by atoms with Gasteiger partial charge in [-0.15, -0.1) is 0 Å². The van der Waals surface area contributed by atoms with Gasteiger partial charge in [-0.2, -0.15) is 11.3 Å². The maximum absolute atomic E-state index is 12.7. The zero-order valence-electron chi connectivity index (χ0n) is 12.7. The van der Waals surface area contributed by atoms with Crippen molar-refractivity contribution in [1.82, 2.24) is 4.90 Å². The standard InChI is InChI=1S/C17H19N3O2S/c18-9-12-5-7-20(10-12)17(22)14-3-1-2-4-15(14)19-16(21)13-6-8-23-11-13/h1-4,6,8,11-12H,5,7,9-10,18H2,(H,19,21). The number of nitrogens with zero attached hydrogens (tertiary/aromatic N) is 1. The Morgan fingerprint density at radius 2 is 2.13 bits per heavy atom. The lowest BCUT2D eigenvalue weighted by Gasteiger charge is -2.18. The first-order chi connectivity index (χ1) is 11.2. The third-order valence-corrected chi connectivity index (χ3v) is 4.78. The number of amides is 2. The van der Waals surface area contributed by atoms with Crippen LogP contribution in [0.3, 0.4) is 0 Å². The van der Waals surface area contributed by atoms with Gasteiger partial charge in [0, 0.05) is 18.5 Å². The predicted octanol–water partition coefficient (Wildman–Crippen LogP) is 2.42. The van der Waals surface area contributed by atoms with E-state index in [-0.39, 0.29) is 11.8 Å². The van der Waals surface area contributed by atoms with Gasteiger partial charge in [-0.25, -0.2) is 0 Å². The number of para-hydroxylation sites is 1. The van der Waals surface area contributed by atoms with Crippen LogP contribution in [-0.2, 0) is 0 Å². The third kappa shape index (κ3) is 3.43. The third-order valence-electron chi connectivity index (χ3n) is 4.10. The van der Waals surface area contributed by atoms with E-state index in [1.165, 1.54) is 11.3 Å². The molecule has 1 unspecified atom stereocenters. The molecule has 3 rings (SSSR count). The molecular weight excluding hydrogens is 310 g/mol. The number of nitrogens with one attached hydrogen (secondary N) is 1. The van der Waals surface area contributed by atoms with E-state index in [0.717, 1.165) is 6.42 Å². The number of likely N-dealkylation sites (tertiary alicyclic amines) is 1. The molecule has 6 heteroatoms. The second kappa shape index (κ2) is 6.93. The molecule has 1 aromatic heterocycles. The maximum Gasteiger partial charge on any atom is 0.256 e. The van der Waals surface area contributed by atoms with Gasteiger partial charge < -0.3 is 16.0 Å². The average Bonchev–Trinajstić information content (AvgIpc) is 3.26. The molecule has 0 spiro atoms. The summed E-state index contributed by atoms with van der Waals surface area (Å²) in [5.74, 6) is 0.112. The van der Waals surface area contributed by atoms with Crippen LogP contribution in [0.4, 0.5) is 5.69 Å². The molecule has 1 saturated heterocycles. The summed E-state index contributed by atoms with van der Waals surface area (Å²) in [4.78, 5) is 26.8. The number of hydrogen-bond donors (Lipinski definition) is 2. The Balaban J connectivity index is 1.78. The van der Waals surface area contributed by atoms with E-state index in [1.807, 2.05) is 22.4 Å². The highest BCUT2D eigenvalue weighted by atomic mass is 32.1. The Labute approximate surface area is 139 Å². The molecule has 0 saturated carbocycles. The molecule has 1 fully saturated rings. The molecule has 1 atom stereocenters. The van der Waals surface area contributed by atoms with Crippen LogP contribution >= 0.6 is 11.3 Å². The van der Waals surface area contributed by atoms with Crippen molar-refractivity contribution >= 4 is 28.8 Å². The topological polar surface area (TPSA) is 75.4 Å². The predicted molar refractivity (Wildman–Crippen MR) is 91.8 cm³/mol. The monoisotopic (exact) mass is 329 g/mol. The molecule has 2 aromatic rings. The van der Waals surface area contributed by atoms with E-state index < -0.39 is 0 Å². The lowest BCUT2D eigenvalue weighted by molar-refractivity contribution is 0.0788. The van der Waals surface area contributed by atoms with Crippen molar-refractivity contribution < 1.29 is 9.59 Å². The highest BCUT2D eigenvalue weighted by Gasteiger charge is 2.27. The number of carbonyl (C=O) groups is 2. The fourth-order valence-corrected chi connectivity index (χ4v) is 3.38. The largest absolute Gasteiger partial charge is 0.338 e. The van der Waals surface area contributed by atoms with Crippen molar-refractivity contribution in [3.8, 4) is 0 Å². The van der Waals surface area contributed by atoms with Gasteiger partial charge in [-0.1, -0.05) is 12.1 Å². The van der Waals surface area contributed by atoms with Crippen LogP contribution in [0.5, 0.6) is 0 Å². The summed E-state index contributed by atoms with van der Waals surface area (Å²) in [6.07, 6.45) is 0.936. The van der Waals surface area contributed by atoms with Gasteiger partial charge in [-0.3, -0.25) is 9.59 Å². The normalized spacial score (nSPS) is 17.3. The minimum Gasteiger partial charge on any atom is -0.338 e. The van der Waals surface area contributed by atoms with Crippen molar-refractivity contribution in [2.45, 2.75) is 6.42 Å². The molecule has 3 N–H and O–H groups in total. The Morgan fingerprint density at radius 3 is 2.83 bits per heavy atom. The minimum atomic E-state index is -0.201. The first-order valence-electron chi connectivity index (χ1n) is 7.61. The van der Waals surface area contributed by atoms with Crippen LogP contribution in [0, 0.1) is 5.92 Å². The number of anilines is 1. The highest BCUT2D eigenvalue weighted by Crippen LogP contribution is 2.23. The summed E-state index contributed by atoms with van der Waals surface area (Å²) in [7, 11) is 0. The van der Waals surface area contributed by atoms with Crippen LogP contribution in [0.25, 0.3) is 0 Å². The molecule has 2 amide bonds. The summed E-state index contributed by atoms with van der Waals surface area (Å²) in [6, 6.07) is 8.89. The van der Waals surface area contributed by atoms with Gasteiger partial charge in [-0.05, 0) is 42.5 Å². The second-order valence-corrected chi connectivity index (χ2v) is 6.43. The smallest absolute Gasteiger partial charge is 0.256 e. The molecule has 0 radical (unpaired) electrons. The molecule has 120 valence electrons. The summed E-state index contributed by atoms with van der Waals surface area (Å²) in [5.41, 5.74) is 7.36. The van der Waals surface area contributed by atoms with Crippen molar-refractivity contribution in [1.29, 1.82) is 0 Å². The number of carbonyl (C=O) groups excluding carboxylic acids is 2. The fourth-order valence-electron chi connectivity index (χ4n) is 2.75.